The van der Waals surface area contributed by atoms with Gasteiger partial charge in [0.2, 0.25) is 5.88 Å². The minimum absolute atomic E-state index is 0.545. The number of aromatic amines is 1. The number of nitrogens with one attached hydrogen (secondary N) is 1. The van der Waals surface area contributed by atoms with Gasteiger partial charge in [0.25, 0.3) is 0 Å². The predicted octanol–water partition coefficient (Wildman–Crippen LogP) is 3.93. The molecular formula is C21H32N4O. The van der Waals surface area contributed by atoms with Crippen LogP contribution < -0.4 is 4.74 Å². The Balaban J connectivity index is 1.80. The molecule has 2 aromatic heterocycles. The second-order valence-corrected chi connectivity index (χ2v) is 8.29. The third-order valence-electron chi connectivity index (χ3n) is 5.68. The van der Waals surface area contributed by atoms with Crippen molar-refractivity contribution in [3.8, 4) is 5.88 Å². The number of aromatic nitrogens is 3. The Morgan fingerprint density at radius 1 is 1.27 bits per heavy atom. The van der Waals surface area contributed by atoms with Crippen LogP contribution in [0.2, 0.25) is 0 Å². The molecule has 3 rings (SSSR count). The molecule has 5 nitrogen and oxygen atoms in total. The second kappa shape index (κ2) is 7.78. The Labute approximate surface area is 156 Å². The van der Waals surface area contributed by atoms with E-state index in [4.69, 9.17) is 9.72 Å². The number of fused-ring (bicyclic) bond motifs is 1. The number of nitrogens with zero attached hydrogens (tertiary/aromatic N) is 3. The van der Waals surface area contributed by atoms with Crippen LogP contribution >= 0.6 is 0 Å². The molecular weight excluding hydrogens is 324 g/mol. The molecule has 1 N–H and O–H groups in total. The third kappa shape index (κ3) is 4.09. The minimum atomic E-state index is 0.545. The van der Waals surface area contributed by atoms with Crippen molar-refractivity contribution in [3.63, 3.8) is 0 Å². The van der Waals surface area contributed by atoms with E-state index in [0.29, 0.717) is 29.6 Å². The summed E-state index contributed by atoms with van der Waals surface area (Å²) in [4.78, 5) is 14.9. The molecule has 0 aliphatic heterocycles. The summed E-state index contributed by atoms with van der Waals surface area (Å²) in [7, 11) is 5.97. The summed E-state index contributed by atoms with van der Waals surface area (Å²) in [5, 5.41) is 0. The van der Waals surface area contributed by atoms with E-state index < -0.39 is 0 Å². The quantitative estimate of drug-likeness (QED) is 0.797. The van der Waals surface area contributed by atoms with E-state index in [9.17, 15) is 0 Å². The average Bonchev–Trinajstić information content (AvgIpc) is 2.97. The fraction of sp³-hybridized carbons (Fsp3) is 0.619. The first-order valence-corrected chi connectivity index (χ1v) is 9.60. The molecule has 3 unspecified atom stereocenters. The number of methoxy groups -OCH3 is 1. The van der Waals surface area contributed by atoms with Crippen molar-refractivity contribution in [3.05, 3.63) is 29.6 Å². The minimum Gasteiger partial charge on any atom is -0.481 e. The molecule has 2 heterocycles. The lowest BCUT2D eigenvalue weighted by Crippen LogP contribution is -2.34. The highest BCUT2D eigenvalue weighted by Crippen LogP contribution is 2.39. The van der Waals surface area contributed by atoms with E-state index in [1.54, 1.807) is 7.11 Å². The van der Waals surface area contributed by atoms with Crippen LogP contribution in [0, 0.1) is 23.7 Å². The summed E-state index contributed by atoms with van der Waals surface area (Å²) in [6.45, 7) is 8.13. The molecule has 26 heavy (non-hydrogen) atoms. The number of hydrogen-bond donors (Lipinski definition) is 1. The fourth-order valence-corrected chi connectivity index (χ4v) is 4.28. The molecule has 0 amide bonds. The molecule has 142 valence electrons. The van der Waals surface area contributed by atoms with Crippen LogP contribution in [0.5, 0.6) is 5.88 Å². The molecule has 1 aliphatic carbocycles. The Bertz CT molecular complexity index is 777. The van der Waals surface area contributed by atoms with E-state index in [2.05, 4.69) is 55.8 Å². The first-order chi connectivity index (χ1) is 12.4. The lowest BCUT2D eigenvalue weighted by Gasteiger charge is -2.38. The number of H-pyrrole nitrogens is 1. The Morgan fingerprint density at radius 2 is 2.04 bits per heavy atom. The molecule has 0 radical (unpaired) electrons. The lowest BCUT2D eigenvalue weighted by molar-refractivity contribution is 0.190. The van der Waals surface area contributed by atoms with Crippen molar-refractivity contribution in [2.24, 2.45) is 23.7 Å². The number of rotatable bonds is 6. The van der Waals surface area contributed by atoms with Gasteiger partial charge in [0.1, 0.15) is 5.82 Å². The normalized spacial score (nSPS) is 23.7. The van der Waals surface area contributed by atoms with Gasteiger partial charge in [0.05, 0.1) is 12.6 Å². The smallest absolute Gasteiger partial charge is 0.215 e. The van der Waals surface area contributed by atoms with Gasteiger partial charge in [-0.25, -0.2) is 4.98 Å². The van der Waals surface area contributed by atoms with Crippen LogP contribution in [0.1, 0.15) is 33.0 Å². The summed E-state index contributed by atoms with van der Waals surface area (Å²) < 4.78 is 5.20. The number of allylic oxidation sites excluding steroid dienone is 1. The maximum atomic E-state index is 5.20. The highest BCUT2D eigenvalue weighted by atomic mass is 16.5. The summed E-state index contributed by atoms with van der Waals surface area (Å²) >= 11 is 0. The number of imidazole rings is 1. The highest BCUT2D eigenvalue weighted by Gasteiger charge is 2.32. The SMILES string of the molecule is COc1ccc2[nH]c(CC3CC(C(C)C)C(CN(C)C)C=C3C)nc2n1. The summed E-state index contributed by atoms with van der Waals surface area (Å²) in [5.41, 5.74) is 3.21. The predicted molar refractivity (Wildman–Crippen MR) is 106 cm³/mol. The van der Waals surface area contributed by atoms with Gasteiger partial charge in [-0.1, -0.05) is 25.5 Å². The maximum absolute atomic E-state index is 5.20. The fourth-order valence-electron chi connectivity index (χ4n) is 4.28. The van der Waals surface area contributed by atoms with Gasteiger partial charge in [-0.05, 0) is 57.2 Å². The zero-order valence-electron chi connectivity index (χ0n) is 16.9. The molecule has 1 aliphatic rings. The molecule has 0 saturated heterocycles. The number of pyridine rings is 1. The summed E-state index contributed by atoms with van der Waals surface area (Å²) in [6, 6.07) is 3.86. The molecule has 2 aromatic rings. The van der Waals surface area contributed by atoms with E-state index >= 15 is 0 Å². The molecule has 0 saturated carbocycles. The molecule has 0 bridgehead atoms. The molecule has 5 heteroatoms. The van der Waals surface area contributed by atoms with Crippen LogP contribution in [0.15, 0.2) is 23.8 Å². The van der Waals surface area contributed by atoms with Crippen LogP contribution in [0.25, 0.3) is 11.2 Å². The van der Waals surface area contributed by atoms with Gasteiger partial charge in [0.15, 0.2) is 5.65 Å². The van der Waals surface area contributed by atoms with Crippen molar-refractivity contribution in [2.45, 2.75) is 33.6 Å². The van der Waals surface area contributed by atoms with E-state index in [1.165, 1.54) is 12.0 Å². The van der Waals surface area contributed by atoms with Gasteiger partial charge in [-0.2, -0.15) is 4.98 Å². The maximum Gasteiger partial charge on any atom is 0.215 e. The molecule has 0 spiro atoms. The molecule has 3 atom stereocenters. The van der Waals surface area contributed by atoms with Gasteiger partial charge in [-0.3, -0.25) is 0 Å². The largest absolute Gasteiger partial charge is 0.481 e. The van der Waals surface area contributed by atoms with Crippen molar-refractivity contribution in [2.75, 3.05) is 27.7 Å². The van der Waals surface area contributed by atoms with Crippen LogP contribution in [-0.2, 0) is 6.42 Å². The zero-order valence-corrected chi connectivity index (χ0v) is 16.9. The summed E-state index contributed by atoms with van der Waals surface area (Å²) in [6.07, 6.45) is 4.69. The van der Waals surface area contributed by atoms with Gasteiger partial charge in [0, 0.05) is 19.0 Å². The number of ether oxygens (including phenoxy) is 1. The standard InChI is InChI=1S/C21H32N4O/c1-13(2)17-10-15(14(3)9-16(17)12-25(4)5)11-19-22-18-7-8-20(26-6)24-21(18)23-19/h7-9,13,15-17H,10-12H2,1-6H3,(H,22,23,24). The molecule has 0 aromatic carbocycles. The number of hydrogen-bond acceptors (Lipinski definition) is 4. The van der Waals surface area contributed by atoms with Gasteiger partial charge in [-0.15, -0.1) is 0 Å². The monoisotopic (exact) mass is 356 g/mol. The topological polar surface area (TPSA) is 54.0 Å². The van der Waals surface area contributed by atoms with Gasteiger partial charge < -0.3 is 14.6 Å². The second-order valence-electron chi connectivity index (χ2n) is 8.29. The first kappa shape index (κ1) is 18.9. The van der Waals surface area contributed by atoms with Crippen LogP contribution in [-0.4, -0.2) is 47.6 Å². The Hall–Kier alpha value is -1.88. The van der Waals surface area contributed by atoms with Crippen molar-refractivity contribution >= 4 is 11.2 Å². The Kier molecular flexibility index (Phi) is 5.66. The zero-order chi connectivity index (χ0) is 18.8. The highest BCUT2D eigenvalue weighted by molar-refractivity contribution is 5.71. The van der Waals surface area contributed by atoms with Crippen LogP contribution in [0.3, 0.4) is 0 Å². The third-order valence-corrected chi connectivity index (χ3v) is 5.68. The van der Waals surface area contributed by atoms with Crippen molar-refractivity contribution in [1.82, 2.24) is 19.9 Å². The van der Waals surface area contributed by atoms with Crippen molar-refractivity contribution < 1.29 is 4.74 Å². The van der Waals surface area contributed by atoms with Crippen LogP contribution in [0.4, 0.5) is 0 Å². The summed E-state index contributed by atoms with van der Waals surface area (Å²) in [5.74, 6) is 4.22. The van der Waals surface area contributed by atoms with Gasteiger partial charge >= 0.3 is 0 Å². The molecule has 0 fully saturated rings. The Morgan fingerprint density at radius 3 is 2.69 bits per heavy atom. The average molecular weight is 357 g/mol. The van der Waals surface area contributed by atoms with E-state index in [1.807, 2.05) is 12.1 Å². The first-order valence-electron chi connectivity index (χ1n) is 9.60. The van der Waals surface area contributed by atoms with E-state index in [0.717, 1.165) is 30.0 Å². The van der Waals surface area contributed by atoms with Crippen molar-refractivity contribution in [1.29, 1.82) is 0 Å². The van der Waals surface area contributed by atoms with E-state index in [-0.39, 0.29) is 0 Å². The lowest BCUT2D eigenvalue weighted by atomic mass is 9.69.